The Morgan fingerprint density at radius 3 is 1.79 bits per heavy atom. The van der Waals surface area contributed by atoms with Gasteiger partial charge in [0.05, 0.1) is 9.82 Å². The summed E-state index contributed by atoms with van der Waals surface area (Å²) in [6.45, 7) is 5.31. The second kappa shape index (κ2) is 14.5. The van der Waals surface area contributed by atoms with Gasteiger partial charge < -0.3 is 0 Å². The Balaban J connectivity index is 2.75. The Kier molecular flexibility index (Phi) is 12.8. The van der Waals surface area contributed by atoms with Crippen molar-refractivity contribution >= 4 is 15.7 Å². The van der Waals surface area contributed by atoms with Crippen LogP contribution in [0, 0.1) is 10.1 Å². The van der Waals surface area contributed by atoms with E-state index in [2.05, 4.69) is 13.8 Å². The van der Waals surface area contributed by atoms with E-state index in [0.29, 0.717) is 13.1 Å². The Bertz CT molecular complexity index is 676. The van der Waals surface area contributed by atoms with Crippen LogP contribution in [0.4, 0.5) is 5.69 Å². The maximum absolute atomic E-state index is 13.1. The summed E-state index contributed by atoms with van der Waals surface area (Å²) in [4.78, 5) is 10.5. The molecular formula is C22H38N2O4S. The van der Waals surface area contributed by atoms with E-state index in [0.717, 1.165) is 38.5 Å². The lowest BCUT2D eigenvalue weighted by molar-refractivity contribution is -0.385. The predicted molar refractivity (Wildman–Crippen MR) is 119 cm³/mol. The van der Waals surface area contributed by atoms with Crippen molar-refractivity contribution in [3.05, 3.63) is 34.4 Å². The highest BCUT2D eigenvalue weighted by atomic mass is 32.2. The summed E-state index contributed by atoms with van der Waals surface area (Å²) in [7, 11) is -3.72. The van der Waals surface area contributed by atoms with Gasteiger partial charge in [0.1, 0.15) is 0 Å². The van der Waals surface area contributed by atoms with Crippen molar-refractivity contribution in [3.8, 4) is 0 Å². The molecule has 0 heterocycles. The molecule has 29 heavy (non-hydrogen) atoms. The molecule has 0 aliphatic rings. The number of nitro benzene ring substituents is 1. The molecule has 166 valence electrons. The number of nitrogens with zero attached hydrogens (tertiary/aromatic N) is 2. The second-order valence-corrected chi connectivity index (χ2v) is 9.63. The monoisotopic (exact) mass is 426 g/mol. The fourth-order valence-corrected chi connectivity index (χ4v) is 4.95. The topological polar surface area (TPSA) is 80.5 Å². The zero-order chi connectivity index (χ0) is 21.5. The van der Waals surface area contributed by atoms with Crippen LogP contribution in [0.2, 0.25) is 0 Å². The molecule has 0 saturated carbocycles. The number of hydrogen-bond donors (Lipinski definition) is 0. The molecule has 1 aromatic carbocycles. The first-order valence-corrected chi connectivity index (χ1v) is 12.6. The molecule has 0 aromatic heterocycles. The van der Waals surface area contributed by atoms with Gasteiger partial charge in [-0.15, -0.1) is 0 Å². The lowest BCUT2D eigenvalue weighted by Gasteiger charge is -2.22. The van der Waals surface area contributed by atoms with Gasteiger partial charge in [0, 0.05) is 25.2 Å². The molecule has 0 spiro atoms. The van der Waals surface area contributed by atoms with Crippen molar-refractivity contribution in [3.63, 3.8) is 0 Å². The van der Waals surface area contributed by atoms with Gasteiger partial charge in [0.15, 0.2) is 0 Å². The van der Waals surface area contributed by atoms with E-state index in [-0.39, 0.29) is 10.6 Å². The lowest BCUT2D eigenvalue weighted by Crippen LogP contribution is -2.33. The van der Waals surface area contributed by atoms with E-state index >= 15 is 0 Å². The summed E-state index contributed by atoms with van der Waals surface area (Å²) in [6.07, 6.45) is 13.1. The second-order valence-electron chi connectivity index (χ2n) is 7.69. The van der Waals surface area contributed by atoms with Gasteiger partial charge >= 0.3 is 0 Å². The van der Waals surface area contributed by atoms with Gasteiger partial charge in [-0.3, -0.25) is 10.1 Å². The van der Waals surface area contributed by atoms with Crippen LogP contribution >= 0.6 is 0 Å². The van der Waals surface area contributed by atoms with E-state index in [1.165, 1.54) is 67.1 Å². The lowest BCUT2D eigenvalue weighted by atomic mass is 10.1. The molecular weight excluding hydrogens is 388 g/mol. The van der Waals surface area contributed by atoms with Gasteiger partial charge in [-0.2, -0.15) is 4.31 Å². The van der Waals surface area contributed by atoms with Crippen molar-refractivity contribution in [1.82, 2.24) is 4.31 Å². The molecule has 6 nitrogen and oxygen atoms in total. The zero-order valence-corrected chi connectivity index (χ0v) is 19.0. The van der Waals surface area contributed by atoms with Crippen molar-refractivity contribution in [2.45, 2.75) is 95.8 Å². The average Bonchev–Trinajstić information content (AvgIpc) is 2.71. The first-order valence-electron chi connectivity index (χ1n) is 11.2. The molecule has 0 radical (unpaired) electrons. The fourth-order valence-electron chi connectivity index (χ4n) is 3.40. The quantitative estimate of drug-likeness (QED) is 0.166. The van der Waals surface area contributed by atoms with Crippen LogP contribution in [0.3, 0.4) is 0 Å². The third-order valence-electron chi connectivity index (χ3n) is 5.19. The van der Waals surface area contributed by atoms with E-state index in [1.54, 1.807) is 0 Å². The van der Waals surface area contributed by atoms with Crippen LogP contribution in [0.15, 0.2) is 29.2 Å². The molecule has 0 aliphatic heterocycles. The highest BCUT2D eigenvalue weighted by Gasteiger charge is 2.25. The molecule has 0 saturated heterocycles. The molecule has 0 N–H and O–H groups in total. The van der Waals surface area contributed by atoms with E-state index < -0.39 is 14.9 Å². The molecule has 0 unspecified atom stereocenters. The van der Waals surface area contributed by atoms with Crippen molar-refractivity contribution in [2.24, 2.45) is 0 Å². The van der Waals surface area contributed by atoms with Crippen molar-refractivity contribution in [1.29, 1.82) is 0 Å². The zero-order valence-electron chi connectivity index (χ0n) is 18.1. The summed E-state index contributed by atoms with van der Waals surface area (Å²) in [5, 5.41) is 11.0. The number of non-ortho nitro benzene ring substituents is 1. The Labute approximate surface area is 176 Å². The first-order chi connectivity index (χ1) is 13.9. The van der Waals surface area contributed by atoms with E-state index in [9.17, 15) is 18.5 Å². The highest BCUT2D eigenvalue weighted by Crippen LogP contribution is 2.22. The van der Waals surface area contributed by atoms with Crippen LogP contribution in [-0.4, -0.2) is 30.7 Å². The number of benzene rings is 1. The number of unbranched alkanes of at least 4 members (excludes halogenated alkanes) is 10. The Hall–Kier alpha value is -1.47. The minimum Gasteiger partial charge on any atom is -0.258 e. The van der Waals surface area contributed by atoms with Crippen LogP contribution < -0.4 is 0 Å². The minimum atomic E-state index is -3.72. The number of rotatable bonds is 17. The predicted octanol–water partition coefficient (Wildman–Crippen LogP) is 6.31. The van der Waals surface area contributed by atoms with E-state index in [4.69, 9.17) is 0 Å². The molecule has 0 atom stereocenters. The van der Waals surface area contributed by atoms with E-state index in [1.807, 2.05) is 0 Å². The maximum Gasteiger partial charge on any atom is 0.270 e. The standard InChI is InChI=1S/C22H38N2O4S/c1-3-5-7-9-11-13-18-23(19-14-12-10-8-6-4-2)29(27,28)22-17-15-16-21(20-22)24(25)26/h15-17,20H,3-14,18-19H2,1-2H3. The number of nitro groups is 1. The van der Waals surface area contributed by atoms with Gasteiger partial charge in [-0.1, -0.05) is 84.1 Å². The summed E-state index contributed by atoms with van der Waals surface area (Å²) in [6, 6.07) is 5.40. The highest BCUT2D eigenvalue weighted by molar-refractivity contribution is 7.89. The molecule has 0 bridgehead atoms. The normalized spacial score (nSPS) is 11.8. The van der Waals surface area contributed by atoms with Gasteiger partial charge in [-0.25, -0.2) is 8.42 Å². The molecule has 0 amide bonds. The summed E-state index contributed by atoms with van der Waals surface area (Å²) in [5.41, 5.74) is -0.190. The maximum atomic E-state index is 13.1. The Morgan fingerprint density at radius 1 is 0.828 bits per heavy atom. The largest absolute Gasteiger partial charge is 0.270 e. The molecule has 7 heteroatoms. The molecule has 1 rings (SSSR count). The van der Waals surface area contributed by atoms with Crippen molar-refractivity contribution < 1.29 is 13.3 Å². The minimum absolute atomic E-state index is 0.0173. The fraction of sp³-hybridized carbons (Fsp3) is 0.727. The van der Waals surface area contributed by atoms with Crippen LogP contribution in [0.5, 0.6) is 0 Å². The molecule has 0 aliphatic carbocycles. The average molecular weight is 427 g/mol. The number of sulfonamides is 1. The van der Waals surface area contributed by atoms with Crippen LogP contribution in [0.25, 0.3) is 0 Å². The molecule has 0 fully saturated rings. The third-order valence-corrected chi connectivity index (χ3v) is 7.08. The number of hydrogen-bond acceptors (Lipinski definition) is 4. The summed E-state index contributed by atoms with van der Waals surface area (Å²) >= 11 is 0. The van der Waals surface area contributed by atoms with Crippen LogP contribution in [-0.2, 0) is 10.0 Å². The van der Waals surface area contributed by atoms with Crippen molar-refractivity contribution in [2.75, 3.05) is 13.1 Å². The molecule has 1 aromatic rings. The SMILES string of the molecule is CCCCCCCCN(CCCCCCCC)S(=O)(=O)c1cccc([N+](=O)[O-])c1. The van der Waals surface area contributed by atoms with Crippen LogP contribution in [0.1, 0.15) is 90.9 Å². The first kappa shape index (κ1) is 25.6. The Morgan fingerprint density at radius 2 is 1.31 bits per heavy atom. The van der Waals surface area contributed by atoms with Gasteiger partial charge in [-0.05, 0) is 18.9 Å². The van der Waals surface area contributed by atoms with Gasteiger partial charge in [0.25, 0.3) is 5.69 Å². The van der Waals surface area contributed by atoms with Gasteiger partial charge in [0.2, 0.25) is 10.0 Å². The summed E-state index contributed by atoms with van der Waals surface area (Å²) in [5.74, 6) is 0. The third kappa shape index (κ3) is 9.72. The summed E-state index contributed by atoms with van der Waals surface area (Å²) < 4.78 is 27.8. The smallest absolute Gasteiger partial charge is 0.258 e.